The van der Waals surface area contributed by atoms with Crippen LogP contribution < -0.4 is 4.74 Å². The van der Waals surface area contributed by atoms with Crippen molar-refractivity contribution in [3.05, 3.63) is 18.1 Å². The monoisotopic (exact) mass is 226 g/mol. The molecule has 0 atom stereocenters. The molecule has 0 bridgehead atoms. The summed E-state index contributed by atoms with van der Waals surface area (Å²) < 4.78 is 10.7. The van der Waals surface area contributed by atoms with Crippen LogP contribution in [0.5, 0.6) is 5.88 Å². The second-order valence-electron chi connectivity index (χ2n) is 3.82. The van der Waals surface area contributed by atoms with Gasteiger partial charge in [-0.1, -0.05) is 13.8 Å². The van der Waals surface area contributed by atoms with Crippen LogP contribution in [-0.4, -0.2) is 34.9 Å². The second-order valence-corrected chi connectivity index (χ2v) is 3.82. The molecule has 0 fully saturated rings. The van der Waals surface area contributed by atoms with Crippen molar-refractivity contribution in [1.29, 1.82) is 0 Å². The first-order valence-electron chi connectivity index (χ1n) is 5.34. The minimum Gasteiger partial charge on any atom is -0.474 e. The number of rotatable bonds is 7. The predicted molar refractivity (Wildman–Crippen MR) is 59.1 cm³/mol. The quantitative estimate of drug-likeness (QED) is 0.703. The van der Waals surface area contributed by atoms with E-state index in [1.54, 1.807) is 0 Å². The van der Waals surface area contributed by atoms with Crippen molar-refractivity contribution in [2.75, 3.05) is 19.8 Å². The zero-order valence-corrected chi connectivity index (χ0v) is 9.72. The van der Waals surface area contributed by atoms with Gasteiger partial charge in [0.2, 0.25) is 5.88 Å². The molecule has 0 saturated carbocycles. The van der Waals surface area contributed by atoms with E-state index in [0.717, 1.165) is 6.61 Å². The highest BCUT2D eigenvalue weighted by molar-refractivity contribution is 5.07. The van der Waals surface area contributed by atoms with E-state index in [4.69, 9.17) is 14.6 Å². The van der Waals surface area contributed by atoms with Crippen molar-refractivity contribution >= 4 is 0 Å². The van der Waals surface area contributed by atoms with E-state index in [1.165, 1.54) is 12.4 Å². The Bertz CT molecular complexity index is 305. The highest BCUT2D eigenvalue weighted by Gasteiger charge is 1.99. The number of aliphatic hydroxyl groups excluding tert-OH is 1. The van der Waals surface area contributed by atoms with E-state index in [-0.39, 0.29) is 6.61 Å². The zero-order chi connectivity index (χ0) is 11.8. The lowest BCUT2D eigenvalue weighted by molar-refractivity contribution is 0.0803. The van der Waals surface area contributed by atoms with Crippen LogP contribution in [0.15, 0.2) is 12.4 Å². The average Bonchev–Trinajstić information content (AvgIpc) is 2.28. The molecule has 1 N–H and O–H groups in total. The molecular weight excluding hydrogens is 208 g/mol. The van der Waals surface area contributed by atoms with Gasteiger partial charge in [-0.05, 0) is 5.92 Å². The summed E-state index contributed by atoms with van der Waals surface area (Å²) in [5.74, 6) is 0.942. The molecule has 0 aliphatic heterocycles. The van der Waals surface area contributed by atoms with Gasteiger partial charge in [0.25, 0.3) is 0 Å². The minimum atomic E-state index is -0.131. The first kappa shape index (κ1) is 12.9. The number of aromatic nitrogens is 2. The molecule has 0 amide bonds. The molecule has 1 aromatic rings. The van der Waals surface area contributed by atoms with Gasteiger partial charge in [0.1, 0.15) is 6.61 Å². The van der Waals surface area contributed by atoms with Gasteiger partial charge in [0, 0.05) is 6.61 Å². The van der Waals surface area contributed by atoms with Gasteiger partial charge < -0.3 is 14.6 Å². The molecule has 5 nitrogen and oxygen atoms in total. The van der Waals surface area contributed by atoms with Gasteiger partial charge in [-0.25, -0.2) is 4.98 Å². The van der Waals surface area contributed by atoms with Crippen LogP contribution in [0.25, 0.3) is 0 Å². The third kappa shape index (κ3) is 5.04. The molecule has 1 rings (SSSR count). The summed E-state index contributed by atoms with van der Waals surface area (Å²) in [6.45, 7) is 5.76. The van der Waals surface area contributed by atoms with Gasteiger partial charge in [-0.2, -0.15) is 0 Å². The molecule has 16 heavy (non-hydrogen) atoms. The van der Waals surface area contributed by atoms with Gasteiger partial charge >= 0.3 is 0 Å². The van der Waals surface area contributed by atoms with Crippen molar-refractivity contribution in [2.45, 2.75) is 20.5 Å². The standard InChI is InChI=1S/C11H18N2O3/c1-9(2)8-15-3-4-16-11-6-12-5-10(7-14)13-11/h5-6,9,14H,3-4,7-8H2,1-2H3. The maximum atomic E-state index is 8.85. The first-order chi connectivity index (χ1) is 7.72. The maximum absolute atomic E-state index is 8.85. The zero-order valence-electron chi connectivity index (χ0n) is 9.72. The van der Waals surface area contributed by atoms with E-state index >= 15 is 0 Å². The Labute approximate surface area is 95.4 Å². The van der Waals surface area contributed by atoms with Crippen LogP contribution in [0.4, 0.5) is 0 Å². The molecule has 90 valence electrons. The van der Waals surface area contributed by atoms with Crippen molar-refractivity contribution in [3.8, 4) is 5.88 Å². The number of hydrogen-bond donors (Lipinski definition) is 1. The third-order valence-electron chi connectivity index (χ3n) is 1.75. The lowest BCUT2D eigenvalue weighted by atomic mass is 10.2. The highest BCUT2D eigenvalue weighted by Crippen LogP contribution is 2.04. The summed E-state index contributed by atoms with van der Waals surface area (Å²) in [6, 6.07) is 0. The molecule has 5 heteroatoms. The predicted octanol–water partition coefficient (Wildman–Crippen LogP) is 1.02. The second kappa shape index (κ2) is 7.14. The largest absolute Gasteiger partial charge is 0.474 e. The van der Waals surface area contributed by atoms with E-state index in [2.05, 4.69) is 23.8 Å². The molecule has 0 unspecified atom stereocenters. The van der Waals surface area contributed by atoms with Crippen LogP contribution in [-0.2, 0) is 11.3 Å². The van der Waals surface area contributed by atoms with Crippen molar-refractivity contribution in [3.63, 3.8) is 0 Å². The molecule has 0 aromatic carbocycles. The summed E-state index contributed by atoms with van der Waals surface area (Å²) in [7, 11) is 0. The van der Waals surface area contributed by atoms with Gasteiger partial charge in [-0.3, -0.25) is 4.98 Å². The van der Waals surface area contributed by atoms with E-state index in [1.807, 2.05) is 0 Å². The van der Waals surface area contributed by atoms with E-state index < -0.39 is 0 Å². The third-order valence-corrected chi connectivity index (χ3v) is 1.75. The Balaban J connectivity index is 2.21. The molecule has 0 aliphatic carbocycles. The Hall–Kier alpha value is -1.20. The molecule has 0 radical (unpaired) electrons. The van der Waals surface area contributed by atoms with E-state index in [0.29, 0.717) is 30.7 Å². The Morgan fingerprint density at radius 1 is 1.31 bits per heavy atom. The fraction of sp³-hybridized carbons (Fsp3) is 0.636. The Kier molecular flexibility index (Phi) is 5.74. The van der Waals surface area contributed by atoms with Crippen LogP contribution >= 0.6 is 0 Å². The number of aliphatic hydroxyl groups is 1. The Morgan fingerprint density at radius 3 is 2.81 bits per heavy atom. The lowest BCUT2D eigenvalue weighted by Gasteiger charge is -2.08. The maximum Gasteiger partial charge on any atom is 0.232 e. The van der Waals surface area contributed by atoms with Gasteiger partial charge in [0.15, 0.2) is 0 Å². The van der Waals surface area contributed by atoms with Crippen LogP contribution in [0.2, 0.25) is 0 Å². The van der Waals surface area contributed by atoms with Gasteiger partial charge in [0.05, 0.1) is 31.3 Å². The first-order valence-corrected chi connectivity index (χ1v) is 5.34. The Morgan fingerprint density at radius 2 is 2.12 bits per heavy atom. The number of nitrogens with zero attached hydrogens (tertiary/aromatic N) is 2. The van der Waals surface area contributed by atoms with Crippen molar-refractivity contribution in [1.82, 2.24) is 9.97 Å². The summed E-state index contributed by atoms with van der Waals surface area (Å²) >= 11 is 0. The molecule has 0 saturated heterocycles. The van der Waals surface area contributed by atoms with E-state index in [9.17, 15) is 0 Å². The number of ether oxygens (including phenoxy) is 2. The van der Waals surface area contributed by atoms with Gasteiger partial charge in [-0.15, -0.1) is 0 Å². The summed E-state index contributed by atoms with van der Waals surface area (Å²) in [5.41, 5.74) is 0.501. The fourth-order valence-electron chi connectivity index (χ4n) is 1.06. The minimum absolute atomic E-state index is 0.131. The molecule has 1 heterocycles. The summed E-state index contributed by atoms with van der Waals surface area (Å²) in [6.07, 6.45) is 3.02. The smallest absolute Gasteiger partial charge is 0.232 e. The summed E-state index contributed by atoms with van der Waals surface area (Å²) in [4.78, 5) is 7.93. The normalized spacial score (nSPS) is 10.8. The van der Waals surface area contributed by atoms with Crippen LogP contribution in [0, 0.1) is 5.92 Å². The lowest BCUT2D eigenvalue weighted by Crippen LogP contribution is -2.11. The summed E-state index contributed by atoms with van der Waals surface area (Å²) in [5, 5.41) is 8.85. The number of hydrogen-bond acceptors (Lipinski definition) is 5. The SMILES string of the molecule is CC(C)COCCOc1cncc(CO)n1. The average molecular weight is 226 g/mol. The fourth-order valence-corrected chi connectivity index (χ4v) is 1.06. The van der Waals surface area contributed by atoms with Crippen molar-refractivity contribution in [2.24, 2.45) is 5.92 Å². The van der Waals surface area contributed by atoms with Crippen LogP contribution in [0.1, 0.15) is 19.5 Å². The molecule has 0 aliphatic rings. The molecule has 0 spiro atoms. The topological polar surface area (TPSA) is 64.5 Å². The molecular formula is C11H18N2O3. The van der Waals surface area contributed by atoms with Crippen molar-refractivity contribution < 1.29 is 14.6 Å². The molecule has 1 aromatic heterocycles. The highest BCUT2D eigenvalue weighted by atomic mass is 16.5. The van der Waals surface area contributed by atoms with Crippen LogP contribution in [0.3, 0.4) is 0 Å².